The molecule has 3 heterocycles. The van der Waals surface area contributed by atoms with Crippen molar-refractivity contribution in [3.63, 3.8) is 0 Å². The molecular weight excluding hydrogens is 228 g/mol. The Morgan fingerprint density at radius 1 is 1.33 bits per heavy atom. The van der Waals surface area contributed by atoms with Crippen LogP contribution >= 0.6 is 23.1 Å². The minimum Gasteiger partial charge on any atom is -0.306 e. The Morgan fingerprint density at radius 2 is 2.27 bits per heavy atom. The molecule has 6 heteroatoms. The molecule has 0 aliphatic carbocycles. The topological polar surface area (TPSA) is 50.7 Å². The maximum Gasteiger partial charge on any atom is 0.189 e. The molecule has 1 saturated heterocycles. The zero-order valence-electron chi connectivity index (χ0n) is 8.01. The molecule has 1 unspecified atom stereocenters. The van der Waals surface area contributed by atoms with Gasteiger partial charge in [-0.3, -0.25) is 0 Å². The molecule has 0 amide bonds. The Bertz CT molecular complexity index is 431. The van der Waals surface area contributed by atoms with Crippen LogP contribution in [0.4, 0.5) is 0 Å². The highest BCUT2D eigenvalue weighted by Gasteiger charge is 2.19. The Balaban J connectivity index is 1.96. The maximum atomic E-state index is 4.51. The van der Waals surface area contributed by atoms with E-state index in [0.29, 0.717) is 6.04 Å². The Kier molecular flexibility index (Phi) is 2.56. The highest BCUT2D eigenvalue weighted by atomic mass is 32.2. The van der Waals surface area contributed by atoms with E-state index in [4.69, 9.17) is 0 Å². The first-order valence-electron chi connectivity index (χ1n) is 4.82. The molecule has 1 aliphatic rings. The summed E-state index contributed by atoms with van der Waals surface area (Å²) in [4.78, 5) is 13.9. The van der Waals surface area contributed by atoms with E-state index >= 15 is 0 Å². The van der Waals surface area contributed by atoms with Crippen LogP contribution in [0.3, 0.4) is 0 Å². The lowest BCUT2D eigenvalue weighted by Gasteiger charge is -2.20. The number of fused-ring (bicyclic) bond motifs is 1. The van der Waals surface area contributed by atoms with Crippen molar-refractivity contribution in [1.82, 2.24) is 20.3 Å². The van der Waals surface area contributed by atoms with Crippen molar-refractivity contribution in [3.8, 4) is 0 Å². The van der Waals surface area contributed by atoms with E-state index in [1.54, 1.807) is 23.7 Å². The number of hydrogen-bond donors (Lipinski definition) is 1. The SMILES string of the molecule is c1cnc2sc(C3CSCCN3)nc2n1. The van der Waals surface area contributed by atoms with E-state index in [1.165, 1.54) is 5.75 Å². The van der Waals surface area contributed by atoms with Gasteiger partial charge in [0.2, 0.25) is 0 Å². The van der Waals surface area contributed by atoms with E-state index in [2.05, 4.69) is 20.3 Å². The van der Waals surface area contributed by atoms with Gasteiger partial charge >= 0.3 is 0 Å². The van der Waals surface area contributed by atoms with Crippen molar-refractivity contribution in [1.29, 1.82) is 0 Å². The van der Waals surface area contributed by atoms with E-state index in [9.17, 15) is 0 Å². The number of rotatable bonds is 1. The molecule has 1 atom stereocenters. The second kappa shape index (κ2) is 4.03. The van der Waals surface area contributed by atoms with Crippen LogP contribution in [0.5, 0.6) is 0 Å². The number of nitrogens with one attached hydrogen (secondary N) is 1. The van der Waals surface area contributed by atoms with Gasteiger partial charge in [-0.15, -0.1) is 0 Å². The van der Waals surface area contributed by atoms with E-state index in [1.807, 2.05) is 11.8 Å². The van der Waals surface area contributed by atoms with Crippen LogP contribution in [0.25, 0.3) is 10.5 Å². The summed E-state index contributed by atoms with van der Waals surface area (Å²) in [6.45, 7) is 1.06. The summed E-state index contributed by atoms with van der Waals surface area (Å²) in [5.74, 6) is 2.29. The quantitative estimate of drug-likeness (QED) is 0.815. The van der Waals surface area contributed by atoms with E-state index < -0.39 is 0 Å². The molecule has 15 heavy (non-hydrogen) atoms. The summed E-state index contributed by atoms with van der Waals surface area (Å²) in [6, 6.07) is 0.379. The first-order valence-corrected chi connectivity index (χ1v) is 6.79. The lowest BCUT2D eigenvalue weighted by molar-refractivity contribution is 0.592. The summed E-state index contributed by atoms with van der Waals surface area (Å²) in [5.41, 5.74) is 0.773. The zero-order valence-corrected chi connectivity index (χ0v) is 9.64. The second-order valence-corrected chi connectivity index (χ2v) is 5.48. The maximum absolute atomic E-state index is 4.51. The van der Waals surface area contributed by atoms with Gasteiger partial charge in [0.25, 0.3) is 0 Å². The third-order valence-corrected chi connectivity index (χ3v) is 4.41. The first kappa shape index (κ1) is 9.50. The van der Waals surface area contributed by atoms with Gasteiger partial charge in [-0.1, -0.05) is 11.3 Å². The molecule has 1 N–H and O–H groups in total. The van der Waals surface area contributed by atoms with Crippen molar-refractivity contribution in [2.45, 2.75) is 6.04 Å². The van der Waals surface area contributed by atoms with Gasteiger partial charge in [-0.25, -0.2) is 15.0 Å². The Hall–Kier alpha value is -0.720. The smallest absolute Gasteiger partial charge is 0.189 e. The zero-order chi connectivity index (χ0) is 10.1. The summed E-state index contributed by atoms with van der Waals surface area (Å²) in [5, 5.41) is 4.58. The molecule has 0 radical (unpaired) electrons. The second-order valence-electron chi connectivity index (χ2n) is 3.32. The number of thioether (sulfide) groups is 1. The lowest BCUT2D eigenvalue weighted by atomic mass is 10.3. The summed E-state index contributed by atoms with van der Waals surface area (Å²) >= 11 is 3.61. The number of nitrogens with zero attached hydrogens (tertiary/aromatic N) is 3. The Labute approximate surface area is 95.5 Å². The average Bonchev–Trinajstić information content (AvgIpc) is 2.74. The Morgan fingerprint density at radius 3 is 3.07 bits per heavy atom. The fourth-order valence-corrected chi connectivity index (χ4v) is 3.55. The van der Waals surface area contributed by atoms with Crippen molar-refractivity contribution < 1.29 is 0 Å². The lowest BCUT2D eigenvalue weighted by Crippen LogP contribution is -2.30. The molecule has 0 saturated carbocycles. The van der Waals surface area contributed by atoms with Crippen LogP contribution in [-0.2, 0) is 0 Å². The normalized spacial score (nSPS) is 22.0. The molecule has 2 aromatic rings. The van der Waals surface area contributed by atoms with Gasteiger partial charge in [0.15, 0.2) is 10.5 Å². The fraction of sp³-hybridized carbons (Fsp3) is 0.444. The summed E-state index contributed by atoms with van der Waals surface area (Å²) in [6.07, 6.45) is 3.40. The number of aromatic nitrogens is 3. The molecular formula is C9H10N4S2. The largest absolute Gasteiger partial charge is 0.306 e. The molecule has 2 aromatic heterocycles. The predicted molar refractivity (Wildman–Crippen MR) is 63.3 cm³/mol. The molecule has 3 rings (SSSR count). The van der Waals surface area contributed by atoms with E-state index in [-0.39, 0.29) is 0 Å². The van der Waals surface area contributed by atoms with Gasteiger partial charge in [0.1, 0.15) is 5.01 Å². The van der Waals surface area contributed by atoms with Gasteiger partial charge in [-0.2, -0.15) is 11.8 Å². The van der Waals surface area contributed by atoms with Crippen LogP contribution in [-0.4, -0.2) is 33.0 Å². The fourth-order valence-electron chi connectivity index (χ4n) is 1.57. The molecule has 0 spiro atoms. The molecule has 78 valence electrons. The van der Waals surface area contributed by atoms with E-state index in [0.717, 1.165) is 27.8 Å². The van der Waals surface area contributed by atoms with Crippen molar-refractivity contribution in [2.24, 2.45) is 0 Å². The molecule has 1 aliphatic heterocycles. The van der Waals surface area contributed by atoms with Crippen molar-refractivity contribution in [3.05, 3.63) is 17.4 Å². The van der Waals surface area contributed by atoms with Crippen molar-refractivity contribution in [2.75, 3.05) is 18.1 Å². The van der Waals surface area contributed by atoms with Gasteiger partial charge < -0.3 is 5.32 Å². The molecule has 4 nitrogen and oxygen atoms in total. The van der Waals surface area contributed by atoms with Crippen LogP contribution in [0.2, 0.25) is 0 Å². The van der Waals surface area contributed by atoms with Crippen LogP contribution in [0, 0.1) is 0 Å². The molecule has 0 aromatic carbocycles. The number of thiazole rings is 1. The van der Waals surface area contributed by atoms with Gasteiger partial charge in [0.05, 0.1) is 6.04 Å². The standard InChI is InChI=1S/C9H10N4S2/c1-2-12-9-7(11-1)13-8(15-9)6-5-14-4-3-10-6/h1-2,6,10H,3-5H2. The summed E-state index contributed by atoms with van der Waals surface area (Å²) < 4.78 is 0. The third-order valence-electron chi connectivity index (χ3n) is 2.28. The molecule has 1 fully saturated rings. The summed E-state index contributed by atoms with van der Waals surface area (Å²) in [7, 11) is 0. The highest BCUT2D eigenvalue weighted by molar-refractivity contribution is 7.99. The first-order chi connectivity index (χ1) is 7.43. The van der Waals surface area contributed by atoms with Gasteiger partial charge in [0, 0.05) is 30.4 Å². The highest BCUT2D eigenvalue weighted by Crippen LogP contribution is 2.27. The third kappa shape index (κ3) is 1.84. The van der Waals surface area contributed by atoms with Crippen LogP contribution in [0.1, 0.15) is 11.0 Å². The van der Waals surface area contributed by atoms with Gasteiger partial charge in [-0.05, 0) is 0 Å². The molecule has 0 bridgehead atoms. The monoisotopic (exact) mass is 238 g/mol. The van der Waals surface area contributed by atoms with Crippen LogP contribution < -0.4 is 5.32 Å². The van der Waals surface area contributed by atoms with Crippen LogP contribution in [0.15, 0.2) is 12.4 Å². The predicted octanol–water partition coefficient (Wildman–Crippen LogP) is 1.46. The van der Waals surface area contributed by atoms with Crippen molar-refractivity contribution >= 4 is 33.6 Å². The minimum absolute atomic E-state index is 0.379. The average molecular weight is 238 g/mol. The number of hydrogen-bond acceptors (Lipinski definition) is 6. The minimum atomic E-state index is 0.379.